The highest BCUT2D eigenvalue weighted by Gasteiger charge is 2.09. The molecule has 0 spiro atoms. The normalized spacial score (nSPS) is 12.5. The van der Waals surface area contributed by atoms with Crippen molar-refractivity contribution >= 4 is 42.6 Å². The molecule has 0 saturated carbocycles. The zero-order chi connectivity index (χ0) is 13.2. The number of fused-ring (bicyclic) bond motifs is 1. The minimum absolute atomic E-state index is 0.234. The lowest BCUT2D eigenvalue weighted by atomic mass is 10.1. The van der Waals surface area contributed by atoms with Crippen molar-refractivity contribution < 1.29 is 0 Å². The smallest absolute Gasteiger partial charge is 0.184 e. The van der Waals surface area contributed by atoms with Gasteiger partial charge in [0.1, 0.15) is 0 Å². The van der Waals surface area contributed by atoms with Gasteiger partial charge in [0, 0.05) is 4.47 Å². The van der Waals surface area contributed by atoms with Crippen LogP contribution in [0.3, 0.4) is 0 Å². The molecule has 0 aliphatic rings. The third-order valence-electron chi connectivity index (χ3n) is 2.98. The van der Waals surface area contributed by atoms with Crippen LogP contribution in [0.4, 0.5) is 5.13 Å². The van der Waals surface area contributed by atoms with Crippen LogP contribution in [-0.4, -0.2) is 4.98 Å². The molecule has 0 amide bonds. The van der Waals surface area contributed by atoms with Gasteiger partial charge in [0.2, 0.25) is 0 Å². The molecule has 96 valence electrons. The fraction of sp³-hybridized carbons (Fsp3) is 0.133. The maximum Gasteiger partial charge on any atom is 0.184 e. The van der Waals surface area contributed by atoms with Crippen LogP contribution in [0.5, 0.6) is 0 Å². The molecule has 1 N–H and O–H groups in total. The summed E-state index contributed by atoms with van der Waals surface area (Å²) in [6.07, 6.45) is 0. The first-order valence-electron chi connectivity index (χ1n) is 6.10. The summed E-state index contributed by atoms with van der Waals surface area (Å²) >= 11 is 5.19. The van der Waals surface area contributed by atoms with Gasteiger partial charge < -0.3 is 5.32 Å². The van der Waals surface area contributed by atoms with Gasteiger partial charge >= 0.3 is 0 Å². The van der Waals surface area contributed by atoms with Gasteiger partial charge in [0.15, 0.2) is 5.13 Å². The summed E-state index contributed by atoms with van der Waals surface area (Å²) in [6, 6.07) is 16.8. The number of benzene rings is 2. The van der Waals surface area contributed by atoms with Gasteiger partial charge in [0.25, 0.3) is 0 Å². The van der Waals surface area contributed by atoms with E-state index in [4.69, 9.17) is 0 Å². The molecule has 19 heavy (non-hydrogen) atoms. The monoisotopic (exact) mass is 332 g/mol. The van der Waals surface area contributed by atoms with Crippen LogP contribution in [0, 0.1) is 0 Å². The second-order valence-electron chi connectivity index (χ2n) is 4.41. The van der Waals surface area contributed by atoms with Crippen LogP contribution in [-0.2, 0) is 0 Å². The van der Waals surface area contributed by atoms with Crippen molar-refractivity contribution in [1.29, 1.82) is 0 Å². The number of para-hydroxylation sites is 1. The van der Waals surface area contributed by atoms with Crippen molar-refractivity contribution in [3.05, 3.63) is 58.6 Å². The maximum atomic E-state index is 4.60. The Morgan fingerprint density at radius 2 is 2.00 bits per heavy atom. The summed E-state index contributed by atoms with van der Waals surface area (Å²) in [5.74, 6) is 0. The summed E-state index contributed by atoms with van der Waals surface area (Å²) in [5.41, 5.74) is 2.30. The van der Waals surface area contributed by atoms with Gasteiger partial charge in [-0.1, -0.05) is 51.5 Å². The second kappa shape index (κ2) is 5.31. The number of thiazole rings is 1. The first-order chi connectivity index (χ1) is 9.22. The van der Waals surface area contributed by atoms with E-state index in [9.17, 15) is 0 Å². The second-order valence-corrected chi connectivity index (χ2v) is 6.35. The molecule has 0 fully saturated rings. The van der Waals surface area contributed by atoms with E-state index in [2.05, 4.69) is 57.4 Å². The number of hydrogen-bond acceptors (Lipinski definition) is 3. The molecule has 3 aromatic rings. The molecule has 4 heteroatoms. The molecule has 0 aliphatic carbocycles. The number of halogens is 1. The lowest BCUT2D eigenvalue weighted by Gasteiger charge is -2.13. The van der Waals surface area contributed by atoms with Crippen LogP contribution in [0.15, 0.2) is 53.0 Å². The molecule has 0 saturated heterocycles. The van der Waals surface area contributed by atoms with E-state index < -0.39 is 0 Å². The van der Waals surface area contributed by atoms with E-state index in [1.54, 1.807) is 11.3 Å². The largest absolute Gasteiger partial charge is 0.355 e. The molecule has 1 unspecified atom stereocenters. The average Bonchev–Trinajstić information content (AvgIpc) is 2.80. The molecular formula is C15H13BrN2S. The predicted octanol–water partition coefficient (Wildman–Crippen LogP) is 5.23. The molecule has 2 nitrogen and oxygen atoms in total. The molecule has 1 heterocycles. The quantitative estimate of drug-likeness (QED) is 0.710. The van der Waals surface area contributed by atoms with E-state index in [1.165, 1.54) is 10.3 Å². The minimum Gasteiger partial charge on any atom is -0.355 e. The van der Waals surface area contributed by atoms with Crippen LogP contribution < -0.4 is 5.32 Å². The summed E-state index contributed by atoms with van der Waals surface area (Å²) in [7, 11) is 0. The van der Waals surface area contributed by atoms with Crippen LogP contribution in [0.1, 0.15) is 18.5 Å². The average molecular weight is 333 g/mol. The summed E-state index contributed by atoms with van der Waals surface area (Å²) < 4.78 is 2.31. The number of anilines is 1. The maximum absolute atomic E-state index is 4.60. The van der Waals surface area contributed by atoms with Gasteiger partial charge in [-0.3, -0.25) is 0 Å². The molecule has 2 aromatic carbocycles. The Hall–Kier alpha value is -1.39. The first-order valence-corrected chi connectivity index (χ1v) is 7.71. The number of rotatable bonds is 3. The lowest BCUT2D eigenvalue weighted by Crippen LogP contribution is -2.05. The highest BCUT2D eigenvalue weighted by Crippen LogP contribution is 2.29. The molecule has 0 radical (unpaired) electrons. The SMILES string of the molecule is CC(Nc1nc2ccccc2s1)c1cccc(Br)c1. The molecule has 0 bridgehead atoms. The van der Waals surface area contributed by atoms with Gasteiger partial charge in [-0.2, -0.15) is 0 Å². The first kappa shape index (κ1) is 12.6. The van der Waals surface area contributed by atoms with Gasteiger partial charge in [-0.25, -0.2) is 4.98 Å². The van der Waals surface area contributed by atoms with E-state index in [0.717, 1.165) is 15.1 Å². The van der Waals surface area contributed by atoms with Crippen molar-refractivity contribution in [3.63, 3.8) is 0 Å². The summed E-state index contributed by atoms with van der Waals surface area (Å²) in [5, 5.41) is 4.43. The summed E-state index contributed by atoms with van der Waals surface area (Å²) in [4.78, 5) is 4.60. The Morgan fingerprint density at radius 3 is 2.79 bits per heavy atom. The Morgan fingerprint density at radius 1 is 1.16 bits per heavy atom. The molecule has 3 rings (SSSR count). The van der Waals surface area contributed by atoms with Crippen LogP contribution in [0.25, 0.3) is 10.2 Å². The van der Waals surface area contributed by atoms with Gasteiger partial charge in [-0.15, -0.1) is 0 Å². The van der Waals surface area contributed by atoms with Crippen LogP contribution >= 0.6 is 27.3 Å². The van der Waals surface area contributed by atoms with E-state index in [0.29, 0.717) is 0 Å². The number of aromatic nitrogens is 1. The topological polar surface area (TPSA) is 24.9 Å². The van der Waals surface area contributed by atoms with Crippen molar-refractivity contribution in [2.45, 2.75) is 13.0 Å². The number of nitrogens with one attached hydrogen (secondary N) is 1. The molecule has 1 atom stereocenters. The Kier molecular flexibility index (Phi) is 3.53. The fourth-order valence-electron chi connectivity index (χ4n) is 1.98. The lowest BCUT2D eigenvalue weighted by molar-refractivity contribution is 0.881. The van der Waals surface area contributed by atoms with Crippen molar-refractivity contribution in [1.82, 2.24) is 4.98 Å². The van der Waals surface area contributed by atoms with E-state index in [1.807, 2.05) is 24.3 Å². The zero-order valence-electron chi connectivity index (χ0n) is 10.4. The zero-order valence-corrected chi connectivity index (χ0v) is 12.8. The van der Waals surface area contributed by atoms with Crippen LogP contribution in [0.2, 0.25) is 0 Å². The number of nitrogens with zero attached hydrogens (tertiary/aromatic N) is 1. The van der Waals surface area contributed by atoms with Crippen molar-refractivity contribution in [2.75, 3.05) is 5.32 Å². The Balaban J connectivity index is 1.84. The Bertz CT molecular complexity index is 675. The third kappa shape index (κ3) is 2.80. The van der Waals surface area contributed by atoms with Gasteiger partial charge in [-0.05, 0) is 36.8 Å². The third-order valence-corrected chi connectivity index (χ3v) is 4.44. The standard InChI is InChI=1S/C15H13BrN2S/c1-10(11-5-4-6-12(16)9-11)17-15-18-13-7-2-3-8-14(13)19-15/h2-10H,1H3,(H,17,18). The fourth-order valence-corrected chi connectivity index (χ4v) is 3.35. The van der Waals surface area contributed by atoms with Crippen molar-refractivity contribution in [2.24, 2.45) is 0 Å². The molecular weight excluding hydrogens is 320 g/mol. The minimum atomic E-state index is 0.234. The highest BCUT2D eigenvalue weighted by atomic mass is 79.9. The predicted molar refractivity (Wildman–Crippen MR) is 85.8 cm³/mol. The van der Waals surface area contributed by atoms with E-state index in [-0.39, 0.29) is 6.04 Å². The van der Waals surface area contributed by atoms with Gasteiger partial charge in [0.05, 0.1) is 16.3 Å². The molecule has 0 aliphatic heterocycles. The highest BCUT2D eigenvalue weighted by molar-refractivity contribution is 9.10. The van der Waals surface area contributed by atoms with Crippen molar-refractivity contribution in [3.8, 4) is 0 Å². The molecule has 1 aromatic heterocycles. The summed E-state index contributed by atoms with van der Waals surface area (Å²) in [6.45, 7) is 2.15. The number of hydrogen-bond donors (Lipinski definition) is 1. The Labute approximate surface area is 124 Å². The van der Waals surface area contributed by atoms with E-state index >= 15 is 0 Å².